The third-order valence-electron chi connectivity index (χ3n) is 3.43. The molecule has 21 heavy (non-hydrogen) atoms. The van der Waals surface area contributed by atoms with Crippen molar-refractivity contribution in [1.29, 1.82) is 0 Å². The predicted octanol–water partition coefficient (Wildman–Crippen LogP) is 2.55. The van der Waals surface area contributed by atoms with Gasteiger partial charge in [0.2, 0.25) is 5.91 Å². The number of nitrogens with two attached hydrogens (primary N) is 1. The number of benzene rings is 2. The minimum atomic E-state index is -0.273. The molecule has 0 bridgehead atoms. The van der Waals surface area contributed by atoms with E-state index in [2.05, 4.69) is 5.32 Å². The largest absolute Gasteiger partial charge is 0.399 e. The Morgan fingerprint density at radius 1 is 1.24 bits per heavy atom. The smallest absolute Gasteiger partial charge is 0.231 e. The molecule has 0 saturated heterocycles. The normalized spacial score (nSPS) is 11.9. The first-order chi connectivity index (χ1) is 10.1. The van der Waals surface area contributed by atoms with E-state index in [0.29, 0.717) is 12.1 Å². The number of nitrogens with one attached hydrogen (secondary N) is 1. The third kappa shape index (κ3) is 4.07. The van der Waals surface area contributed by atoms with Crippen molar-refractivity contribution < 1.29 is 9.90 Å². The lowest BCUT2D eigenvalue weighted by atomic mass is 9.99. The lowest BCUT2D eigenvalue weighted by Gasteiger charge is -2.13. The van der Waals surface area contributed by atoms with Crippen LogP contribution in [0.5, 0.6) is 0 Å². The lowest BCUT2D eigenvalue weighted by Crippen LogP contribution is -2.18. The second-order valence-electron chi connectivity index (χ2n) is 5.05. The van der Waals surface area contributed by atoms with Crippen LogP contribution >= 0.6 is 0 Å². The average Bonchev–Trinajstić information content (AvgIpc) is 2.48. The van der Waals surface area contributed by atoms with Gasteiger partial charge in [-0.15, -0.1) is 0 Å². The molecule has 0 spiro atoms. The van der Waals surface area contributed by atoms with Gasteiger partial charge < -0.3 is 16.2 Å². The molecule has 2 aromatic rings. The fourth-order valence-electron chi connectivity index (χ4n) is 2.11. The Morgan fingerprint density at radius 2 is 1.95 bits per heavy atom. The van der Waals surface area contributed by atoms with Crippen molar-refractivity contribution in [1.82, 2.24) is 0 Å². The first kappa shape index (κ1) is 15.1. The van der Waals surface area contributed by atoms with E-state index in [4.69, 9.17) is 10.8 Å². The van der Waals surface area contributed by atoms with E-state index in [-0.39, 0.29) is 18.4 Å². The fraction of sp³-hybridized carbons (Fsp3) is 0.235. The minimum absolute atomic E-state index is 0.0736. The number of nitrogen functional groups attached to an aromatic ring is 1. The Morgan fingerprint density at radius 3 is 2.57 bits per heavy atom. The number of carbonyl (C=O) groups excluding carboxylic acids is 1. The first-order valence-electron chi connectivity index (χ1n) is 6.96. The van der Waals surface area contributed by atoms with Crippen LogP contribution in [-0.2, 0) is 11.2 Å². The van der Waals surface area contributed by atoms with Crippen LogP contribution in [0, 0.1) is 0 Å². The van der Waals surface area contributed by atoms with E-state index in [1.807, 2.05) is 49.4 Å². The molecule has 4 heteroatoms. The Hall–Kier alpha value is -2.33. The quantitative estimate of drug-likeness (QED) is 0.739. The molecule has 1 amide bonds. The molecule has 2 rings (SSSR count). The number of amides is 1. The van der Waals surface area contributed by atoms with Crippen LogP contribution in [0.25, 0.3) is 0 Å². The maximum atomic E-state index is 12.2. The van der Waals surface area contributed by atoms with Crippen molar-refractivity contribution in [2.45, 2.75) is 19.3 Å². The molecule has 110 valence electrons. The summed E-state index contributed by atoms with van der Waals surface area (Å²) < 4.78 is 0. The third-order valence-corrected chi connectivity index (χ3v) is 3.43. The van der Waals surface area contributed by atoms with E-state index in [9.17, 15) is 4.79 Å². The Balaban J connectivity index is 2.03. The van der Waals surface area contributed by atoms with E-state index in [1.165, 1.54) is 0 Å². The summed E-state index contributed by atoms with van der Waals surface area (Å²) in [4.78, 5) is 12.2. The van der Waals surface area contributed by atoms with Crippen LogP contribution < -0.4 is 11.1 Å². The number of anilines is 2. The van der Waals surface area contributed by atoms with E-state index in [0.717, 1.165) is 16.8 Å². The summed E-state index contributed by atoms with van der Waals surface area (Å²) in [7, 11) is 0. The van der Waals surface area contributed by atoms with Gasteiger partial charge in [-0.25, -0.2) is 0 Å². The molecule has 4 N–H and O–H groups in total. The molecule has 0 heterocycles. The molecule has 1 atom stereocenters. The molecule has 0 saturated carbocycles. The average molecular weight is 284 g/mol. The lowest BCUT2D eigenvalue weighted by molar-refractivity contribution is -0.117. The van der Waals surface area contributed by atoms with E-state index in [1.54, 1.807) is 6.07 Å². The van der Waals surface area contributed by atoms with Gasteiger partial charge in [-0.3, -0.25) is 4.79 Å². The van der Waals surface area contributed by atoms with Gasteiger partial charge >= 0.3 is 0 Å². The molecule has 4 nitrogen and oxygen atoms in total. The SMILES string of the molecule is CC(C(=O)Nc1ccc(CCO)cc1)c1cccc(N)c1. The zero-order valence-corrected chi connectivity index (χ0v) is 12.0. The van der Waals surface area contributed by atoms with E-state index >= 15 is 0 Å². The van der Waals surface area contributed by atoms with Gasteiger partial charge in [-0.2, -0.15) is 0 Å². The summed E-state index contributed by atoms with van der Waals surface area (Å²) in [6.07, 6.45) is 0.619. The van der Waals surface area contributed by atoms with Gasteiger partial charge in [0.25, 0.3) is 0 Å². The number of aliphatic hydroxyl groups is 1. The maximum absolute atomic E-state index is 12.2. The van der Waals surface area contributed by atoms with Gasteiger partial charge in [-0.05, 0) is 48.7 Å². The Labute approximate surface area is 124 Å². The van der Waals surface area contributed by atoms with Crippen LogP contribution in [0.2, 0.25) is 0 Å². The number of hydrogen-bond acceptors (Lipinski definition) is 3. The molecule has 2 aromatic carbocycles. The molecular weight excluding hydrogens is 264 g/mol. The highest BCUT2D eigenvalue weighted by molar-refractivity contribution is 5.95. The molecule has 0 aromatic heterocycles. The van der Waals surface area contributed by atoms with Crippen molar-refractivity contribution in [2.75, 3.05) is 17.7 Å². The molecule has 0 aliphatic heterocycles. The zero-order chi connectivity index (χ0) is 15.2. The molecular formula is C17H20N2O2. The summed E-state index contributed by atoms with van der Waals surface area (Å²) in [6, 6.07) is 14.8. The molecule has 0 fully saturated rings. The van der Waals surface area contributed by atoms with Gasteiger partial charge in [0.05, 0.1) is 5.92 Å². The minimum Gasteiger partial charge on any atom is -0.399 e. The summed E-state index contributed by atoms with van der Waals surface area (Å²) >= 11 is 0. The Bertz CT molecular complexity index is 608. The Kier molecular flexibility index (Phi) is 4.95. The standard InChI is InChI=1S/C17H20N2O2/c1-12(14-3-2-4-15(18)11-14)17(21)19-16-7-5-13(6-8-16)9-10-20/h2-8,11-12,20H,9-10,18H2,1H3,(H,19,21). The predicted molar refractivity (Wildman–Crippen MR) is 85.1 cm³/mol. The number of carbonyl (C=O) groups is 1. The highest BCUT2D eigenvalue weighted by Crippen LogP contribution is 2.20. The molecule has 0 aliphatic rings. The second-order valence-corrected chi connectivity index (χ2v) is 5.05. The van der Waals surface area contributed by atoms with Crippen LogP contribution in [0.4, 0.5) is 11.4 Å². The summed E-state index contributed by atoms with van der Waals surface area (Å²) in [5.41, 5.74) is 9.08. The van der Waals surface area contributed by atoms with Crippen molar-refractivity contribution in [3.63, 3.8) is 0 Å². The molecule has 0 aliphatic carbocycles. The number of rotatable bonds is 5. The van der Waals surface area contributed by atoms with Gasteiger partial charge in [0.15, 0.2) is 0 Å². The van der Waals surface area contributed by atoms with Gasteiger partial charge in [0.1, 0.15) is 0 Å². The summed E-state index contributed by atoms with van der Waals surface area (Å²) in [6.45, 7) is 1.97. The zero-order valence-electron chi connectivity index (χ0n) is 12.0. The van der Waals surface area contributed by atoms with Crippen molar-refractivity contribution in [3.8, 4) is 0 Å². The maximum Gasteiger partial charge on any atom is 0.231 e. The van der Waals surface area contributed by atoms with Crippen LogP contribution in [0.15, 0.2) is 48.5 Å². The summed E-state index contributed by atoms with van der Waals surface area (Å²) in [5, 5.41) is 11.8. The highest BCUT2D eigenvalue weighted by Gasteiger charge is 2.15. The number of aliphatic hydroxyl groups excluding tert-OH is 1. The number of hydrogen-bond donors (Lipinski definition) is 3. The molecule has 1 unspecified atom stereocenters. The van der Waals surface area contributed by atoms with Gasteiger partial charge in [-0.1, -0.05) is 24.3 Å². The second kappa shape index (κ2) is 6.90. The van der Waals surface area contributed by atoms with Crippen molar-refractivity contribution >= 4 is 17.3 Å². The van der Waals surface area contributed by atoms with Crippen molar-refractivity contribution in [3.05, 3.63) is 59.7 Å². The highest BCUT2D eigenvalue weighted by atomic mass is 16.2. The van der Waals surface area contributed by atoms with Crippen LogP contribution in [0.3, 0.4) is 0 Å². The topological polar surface area (TPSA) is 75.3 Å². The fourth-order valence-corrected chi connectivity index (χ4v) is 2.11. The van der Waals surface area contributed by atoms with Crippen LogP contribution in [-0.4, -0.2) is 17.6 Å². The monoisotopic (exact) mass is 284 g/mol. The van der Waals surface area contributed by atoms with Gasteiger partial charge in [0, 0.05) is 18.0 Å². The first-order valence-corrected chi connectivity index (χ1v) is 6.96. The van der Waals surface area contributed by atoms with Crippen LogP contribution in [0.1, 0.15) is 24.0 Å². The van der Waals surface area contributed by atoms with E-state index < -0.39 is 0 Å². The van der Waals surface area contributed by atoms with Crippen molar-refractivity contribution in [2.24, 2.45) is 0 Å². The molecule has 0 radical (unpaired) electrons. The summed E-state index contributed by atoms with van der Waals surface area (Å²) in [5.74, 6) is -0.346.